The summed E-state index contributed by atoms with van der Waals surface area (Å²) >= 11 is 0.823. The maximum Gasteiger partial charge on any atom is 0.420 e. The molecule has 1 aliphatic heterocycles. The first kappa shape index (κ1) is 29.8. The highest BCUT2D eigenvalue weighted by molar-refractivity contribution is 7.89. The molecule has 0 saturated carbocycles. The van der Waals surface area contributed by atoms with Crippen molar-refractivity contribution >= 4 is 33.2 Å². The van der Waals surface area contributed by atoms with E-state index in [9.17, 15) is 31.5 Å². The van der Waals surface area contributed by atoms with Gasteiger partial charge >= 0.3 is 6.18 Å². The van der Waals surface area contributed by atoms with Crippen molar-refractivity contribution in [2.24, 2.45) is 12.8 Å². The molecule has 1 fully saturated rings. The summed E-state index contributed by atoms with van der Waals surface area (Å²) < 4.78 is 84.6. The molecule has 11 nitrogen and oxygen atoms in total. The number of anilines is 1. The minimum absolute atomic E-state index is 0.0130. The third-order valence-electron chi connectivity index (χ3n) is 6.13. The maximum absolute atomic E-state index is 15.1. The number of sulfonamides is 1. The first-order chi connectivity index (χ1) is 18.5. The topological polar surface area (TPSA) is 156 Å². The number of halogens is 4. The molecule has 4 rings (SSSR count). The fourth-order valence-electron chi connectivity index (χ4n) is 4.23. The van der Waals surface area contributed by atoms with Gasteiger partial charge in [-0.05, 0) is 26.3 Å². The van der Waals surface area contributed by atoms with Gasteiger partial charge in [0.1, 0.15) is 16.6 Å². The molecule has 17 heteroatoms. The molecule has 0 aromatic carbocycles. The van der Waals surface area contributed by atoms with Crippen LogP contribution in [-0.4, -0.2) is 74.4 Å². The number of aryl methyl sites for hydroxylation is 1. The molecule has 0 aliphatic carbocycles. The van der Waals surface area contributed by atoms with Gasteiger partial charge in [0.2, 0.25) is 21.9 Å². The molecule has 3 aromatic heterocycles. The number of amides is 1. The molecule has 218 valence electrons. The summed E-state index contributed by atoms with van der Waals surface area (Å²) in [4.78, 5) is 19.9. The number of hydrogen-bond donors (Lipinski definition) is 3. The van der Waals surface area contributed by atoms with Crippen LogP contribution in [0.3, 0.4) is 0 Å². The van der Waals surface area contributed by atoms with Gasteiger partial charge in [-0.3, -0.25) is 9.48 Å². The van der Waals surface area contributed by atoms with E-state index < -0.39 is 57.7 Å². The number of nitrogens with zero attached hydrogens (tertiary/aromatic N) is 5. The molecule has 0 unspecified atom stereocenters. The van der Waals surface area contributed by atoms with E-state index in [0.717, 1.165) is 21.8 Å². The zero-order valence-corrected chi connectivity index (χ0v) is 23.2. The van der Waals surface area contributed by atoms with Crippen LogP contribution in [0.25, 0.3) is 10.6 Å². The van der Waals surface area contributed by atoms with Gasteiger partial charge in [0.25, 0.3) is 0 Å². The predicted molar refractivity (Wildman–Crippen MR) is 138 cm³/mol. The maximum atomic E-state index is 15.1. The van der Waals surface area contributed by atoms with Gasteiger partial charge in [0.05, 0.1) is 34.0 Å². The van der Waals surface area contributed by atoms with E-state index in [1.54, 1.807) is 7.05 Å². The van der Waals surface area contributed by atoms with E-state index in [0.29, 0.717) is 6.20 Å². The van der Waals surface area contributed by atoms with Gasteiger partial charge in [-0.2, -0.15) is 22.6 Å². The number of nitrogens with one attached hydrogen (secondary N) is 1. The number of piperidine rings is 1. The van der Waals surface area contributed by atoms with Crippen molar-refractivity contribution in [3.05, 3.63) is 40.7 Å². The van der Waals surface area contributed by atoms with Crippen LogP contribution in [0.5, 0.6) is 0 Å². The van der Waals surface area contributed by atoms with Gasteiger partial charge < -0.3 is 16.2 Å². The lowest BCUT2D eigenvalue weighted by molar-refractivity contribution is -0.137. The summed E-state index contributed by atoms with van der Waals surface area (Å²) in [6.45, 7) is 2.41. The Bertz CT molecular complexity index is 1520. The summed E-state index contributed by atoms with van der Waals surface area (Å²) in [5.74, 6) is -1.19. The largest absolute Gasteiger partial charge is 0.420 e. The monoisotopic (exact) mass is 605 g/mol. The third kappa shape index (κ3) is 6.42. The van der Waals surface area contributed by atoms with Crippen LogP contribution < -0.4 is 11.1 Å². The molecule has 2 atom stereocenters. The van der Waals surface area contributed by atoms with Crippen molar-refractivity contribution in [3.63, 3.8) is 0 Å². The molecule has 0 radical (unpaired) electrons. The fraction of sp³-hybridized carbons (Fsp3) is 0.478. The number of carbonyl (C=O) groups is 1. The highest BCUT2D eigenvalue weighted by Gasteiger charge is 2.39. The number of carbonyl (C=O) groups excluding carboxylic acids is 1. The minimum atomic E-state index is -4.85. The average molecular weight is 606 g/mol. The lowest BCUT2D eigenvalue weighted by Gasteiger charge is -2.34. The Morgan fingerprint density at radius 2 is 2.00 bits per heavy atom. The van der Waals surface area contributed by atoms with Crippen molar-refractivity contribution in [3.8, 4) is 10.6 Å². The SMILES string of the molecule is Cn1cc(S(=O)(=O)N2CC[C@H](Nc3ncc(C(F)(F)F)c(-c4cc(C(N)=O)c(CC(C)(C)O)s4)n3)[C@H](F)C2)cn1. The van der Waals surface area contributed by atoms with Crippen LogP contribution in [0, 0.1) is 0 Å². The molecule has 1 amide bonds. The molecule has 40 heavy (non-hydrogen) atoms. The summed E-state index contributed by atoms with van der Waals surface area (Å²) in [5, 5.41) is 16.7. The van der Waals surface area contributed by atoms with E-state index in [2.05, 4.69) is 20.4 Å². The molecular weight excluding hydrogens is 578 g/mol. The van der Waals surface area contributed by atoms with E-state index in [4.69, 9.17) is 5.73 Å². The van der Waals surface area contributed by atoms with Gasteiger partial charge in [0, 0.05) is 43.8 Å². The lowest BCUT2D eigenvalue weighted by Crippen LogP contribution is -2.50. The van der Waals surface area contributed by atoms with Crippen LogP contribution in [0.2, 0.25) is 0 Å². The highest BCUT2D eigenvalue weighted by atomic mass is 32.2. The second-order valence-corrected chi connectivity index (χ2v) is 13.1. The number of nitrogens with two attached hydrogens (primary N) is 1. The van der Waals surface area contributed by atoms with E-state index in [1.165, 1.54) is 30.8 Å². The molecule has 4 N–H and O–H groups in total. The Morgan fingerprint density at radius 1 is 1.30 bits per heavy atom. The molecule has 1 saturated heterocycles. The van der Waals surface area contributed by atoms with Crippen LogP contribution in [0.15, 0.2) is 29.6 Å². The first-order valence-electron chi connectivity index (χ1n) is 11.9. The summed E-state index contributed by atoms with van der Waals surface area (Å²) in [7, 11) is -2.44. The summed E-state index contributed by atoms with van der Waals surface area (Å²) in [6, 6.07) is 0.190. The molecule has 0 spiro atoms. The normalized spacial score (nSPS) is 19.1. The van der Waals surface area contributed by atoms with E-state index in [-0.39, 0.29) is 45.5 Å². The first-order valence-corrected chi connectivity index (χ1v) is 14.2. The lowest BCUT2D eigenvalue weighted by atomic mass is 10.0. The number of primary amides is 1. The van der Waals surface area contributed by atoms with Crippen LogP contribution >= 0.6 is 11.3 Å². The Labute approximate surface area is 231 Å². The number of alkyl halides is 4. The van der Waals surface area contributed by atoms with Gasteiger partial charge in [-0.15, -0.1) is 11.3 Å². The zero-order chi connectivity index (χ0) is 29.6. The summed E-state index contributed by atoms with van der Waals surface area (Å²) in [6.07, 6.45) is -3.62. The van der Waals surface area contributed by atoms with Gasteiger partial charge in [0.15, 0.2) is 0 Å². The fourth-order valence-corrected chi connectivity index (χ4v) is 7.07. The highest BCUT2D eigenvalue weighted by Crippen LogP contribution is 2.40. The van der Waals surface area contributed by atoms with Crippen molar-refractivity contribution in [2.75, 3.05) is 18.4 Å². The van der Waals surface area contributed by atoms with Crippen molar-refractivity contribution in [1.82, 2.24) is 24.1 Å². The second-order valence-electron chi connectivity index (χ2n) is 10.0. The number of aliphatic hydroxyl groups is 1. The minimum Gasteiger partial charge on any atom is -0.390 e. The van der Waals surface area contributed by atoms with Crippen molar-refractivity contribution < 1.29 is 35.9 Å². The smallest absolute Gasteiger partial charge is 0.390 e. The van der Waals surface area contributed by atoms with Crippen molar-refractivity contribution in [2.45, 2.75) is 55.6 Å². The molecule has 4 heterocycles. The molecule has 3 aromatic rings. The summed E-state index contributed by atoms with van der Waals surface area (Å²) in [5.41, 5.74) is 2.37. The van der Waals surface area contributed by atoms with Crippen LogP contribution in [0.4, 0.5) is 23.5 Å². The third-order valence-corrected chi connectivity index (χ3v) is 9.09. The Morgan fingerprint density at radius 3 is 2.55 bits per heavy atom. The van der Waals surface area contributed by atoms with Gasteiger partial charge in [-0.1, -0.05) is 0 Å². The molecule has 1 aliphatic rings. The van der Waals surface area contributed by atoms with Gasteiger partial charge in [-0.25, -0.2) is 22.8 Å². The number of thiophene rings is 1. The predicted octanol–water partition coefficient (Wildman–Crippen LogP) is 2.58. The van der Waals surface area contributed by atoms with Crippen molar-refractivity contribution in [1.29, 1.82) is 0 Å². The Kier molecular flexibility index (Phi) is 7.96. The average Bonchev–Trinajstić information content (AvgIpc) is 3.45. The second kappa shape index (κ2) is 10.7. The Balaban J connectivity index is 1.61. The van der Waals surface area contributed by atoms with Crippen LogP contribution in [-0.2, 0) is 29.7 Å². The quantitative estimate of drug-likeness (QED) is 0.331. The van der Waals surface area contributed by atoms with E-state index >= 15 is 4.39 Å². The number of hydrogen-bond acceptors (Lipinski definition) is 9. The Hall–Kier alpha value is -3.15. The zero-order valence-electron chi connectivity index (χ0n) is 21.6. The van der Waals surface area contributed by atoms with Crippen LogP contribution in [0.1, 0.15) is 41.1 Å². The standard InChI is InChI=1S/C23H27F4N7O4S2/c1-22(2,36)7-18-13(20(28)35)6-17(39-18)19-14(23(25,26)27)9-29-21(32-19)31-16-4-5-34(11-15(16)24)40(37,38)12-8-30-33(3)10-12/h6,8-10,15-16,36H,4-5,7,11H2,1-3H3,(H2,28,35)(H,29,31,32)/t15-,16+/m1/s1. The van der Waals surface area contributed by atoms with E-state index in [1.807, 2.05) is 0 Å². The number of aromatic nitrogens is 4. The molecular formula is C23H27F4N7O4S2. The molecule has 0 bridgehead atoms. The number of rotatable bonds is 8.